The third-order valence-electron chi connectivity index (χ3n) is 3.57. The van der Waals surface area contributed by atoms with Gasteiger partial charge in [-0.15, -0.1) is 0 Å². The van der Waals surface area contributed by atoms with Gasteiger partial charge in [-0.1, -0.05) is 66.7 Å². The van der Waals surface area contributed by atoms with Gasteiger partial charge in [0.05, 0.1) is 0 Å². The second kappa shape index (κ2) is 9.34. The van der Waals surface area contributed by atoms with E-state index in [0.29, 0.717) is 17.6 Å². The van der Waals surface area contributed by atoms with E-state index >= 15 is 0 Å². The van der Waals surface area contributed by atoms with E-state index in [2.05, 4.69) is 20.9 Å². The second-order valence-electron chi connectivity index (χ2n) is 5.59. The lowest BCUT2D eigenvalue weighted by Crippen LogP contribution is -2.27. The molecule has 0 saturated carbocycles. The van der Waals surface area contributed by atoms with Gasteiger partial charge in [-0.05, 0) is 42.0 Å². The lowest BCUT2D eigenvalue weighted by Gasteiger charge is -2.13. The van der Waals surface area contributed by atoms with Crippen molar-refractivity contribution in [3.05, 3.63) is 96.6 Å². The number of anilines is 2. The SMILES string of the molecule is S=C(N=C(Nc1ccccc1)Nc1ccccc1)NCc1ccccc1. The molecule has 3 aromatic carbocycles. The first kappa shape index (κ1) is 17.6. The third kappa shape index (κ3) is 5.72. The highest BCUT2D eigenvalue weighted by Gasteiger charge is 2.03. The molecule has 26 heavy (non-hydrogen) atoms. The zero-order valence-corrected chi connectivity index (χ0v) is 15.0. The molecule has 0 amide bonds. The van der Waals surface area contributed by atoms with Crippen LogP contribution in [-0.4, -0.2) is 11.1 Å². The monoisotopic (exact) mass is 360 g/mol. The fourth-order valence-electron chi connectivity index (χ4n) is 2.32. The minimum absolute atomic E-state index is 0.413. The number of nitrogens with one attached hydrogen (secondary N) is 3. The topological polar surface area (TPSA) is 48.5 Å². The molecule has 0 aliphatic heterocycles. The minimum atomic E-state index is 0.413. The van der Waals surface area contributed by atoms with Crippen LogP contribution in [0.1, 0.15) is 5.56 Å². The van der Waals surface area contributed by atoms with Gasteiger partial charge in [0.1, 0.15) is 0 Å². The predicted molar refractivity (Wildman–Crippen MR) is 113 cm³/mol. The molecule has 0 aliphatic rings. The molecule has 0 saturated heterocycles. The summed E-state index contributed by atoms with van der Waals surface area (Å²) in [5.74, 6) is 0.563. The maximum Gasteiger partial charge on any atom is 0.207 e. The highest BCUT2D eigenvalue weighted by atomic mass is 32.1. The first-order valence-corrected chi connectivity index (χ1v) is 8.75. The molecule has 0 atom stereocenters. The van der Waals surface area contributed by atoms with E-state index in [-0.39, 0.29) is 0 Å². The Morgan fingerprint density at radius 3 is 1.65 bits per heavy atom. The Hall–Kier alpha value is -3.18. The summed E-state index contributed by atoms with van der Waals surface area (Å²) >= 11 is 5.38. The van der Waals surface area contributed by atoms with Gasteiger partial charge in [0, 0.05) is 17.9 Å². The van der Waals surface area contributed by atoms with Gasteiger partial charge in [-0.3, -0.25) is 0 Å². The summed E-state index contributed by atoms with van der Waals surface area (Å²) in [4.78, 5) is 4.50. The van der Waals surface area contributed by atoms with Crippen molar-refractivity contribution in [2.45, 2.75) is 6.54 Å². The minimum Gasteiger partial charge on any atom is -0.357 e. The van der Waals surface area contributed by atoms with E-state index in [1.807, 2.05) is 91.0 Å². The Kier molecular flexibility index (Phi) is 6.34. The van der Waals surface area contributed by atoms with E-state index in [4.69, 9.17) is 12.2 Å². The van der Waals surface area contributed by atoms with E-state index < -0.39 is 0 Å². The molecular weight excluding hydrogens is 340 g/mol. The van der Waals surface area contributed by atoms with Crippen molar-refractivity contribution >= 4 is 34.7 Å². The molecule has 0 heterocycles. The normalized spacial score (nSPS) is 9.85. The van der Waals surface area contributed by atoms with Crippen LogP contribution in [0.3, 0.4) is 0 Å². The Morgan fingerprint density at radius 2 is 1.15 bits per heavy atom. The molecule has 0 bridgehead atoms. The van der Waals surface area contributed by atoms with Gasteiger partial charge in [-0.2, -0.15) is 4.99 Å². The summed E-state index contributed by atoms with van der Waals surface area (Å²) in [6.07, 6.45) is 0. The lowest BCUT2D eigenvalue weighted by atomic mass is 10.2. The average molecular weight is 360 g/mol. The molecule has 3 N–H and O–H groups in total. The third-order valence-corrected chi connectivity index (χ3v) is 3.81. The molecule has 3 aromatic rings. The van der Waals surface area contributed by atoms with Crippen LogP contribution in [0.4, 0.5) is 11.4 Å². The molecule has 0 unspecified atom stereocenters. The van der Waals surface area contributed by atoms with E-state index in [1.54, 1.807) is 0 Å². The van der Waals surface area contributed by atoms with Gasteiger partial charge in [0.2, 0.25) is 5.96 Å². The first-order valence-electron chi connectivity index (χ1n) is 8.34. The molecule has 0 aliphatic carbocycles. The van der Waals surface area contributed by atoms with Crippen molar-refractivity contribution in [3.63, 3.8) is 0 Å². The number of benzene rings is 3. The van der Waals surface area contributed by atoms with Crippen LogP contribution in [-0.2, 0) is 6.54 Å². The summed E-state index contributed by atoms with van der Waals surface area (Å²) in [6, 6.07) is 29.8. The molecule has 0 fully saturated rings. The highest BCUT2D eigenvalue weighted by molar-refractivity contribution is 7.80. The summed E-state index contributed by atoms with van der Waals surface area (Å²) < 4.78 is 0. The van der Waals surface area contributed by atoms with Crippen molar-refractivity contribution in [3.8, 4) is 0 Å². The number of hydrogen-bond donors (Lipinski definition) is 3. The number of hydrogen-bond acceptors (Lipinski definition) is 1. The molecule has 0 radical (unpaired) electrons. The number of aliphatic imine (C=N–C) groups is 1. The van der Waals surface area contributed by atoms with Crippen LogP contribution < -0.4 is 16.0 Å². The summed E-state index contributed by atoms with van der Waals surface area (Å²) in [5.41, 5.74) is 3.01. The van der Waals surface area contributed by atoms with Gasteiger partial charge >= 0.3 is 0 Å². The summed E-state index contributed by atoms with van der Waals surface area (Å²) in [5, 5.41) is 10.1. The van der Waals surface area contributed by atoms with Crippen molar-refractivity contribution in [1.82, 2.24) is 5.32 Å². The Labute approximate surface area is 159 Å². The molecule has 0 aromatic heterocycles. The van der Waals surface area contributed by atoms with Crippen LogP contribution in [0.15, 0.2) is 96.0 Å². The molecule has 5 heteroatoms. The largest absolute Gasteiger partial charge is 0.357 e. The van der Waals surface area contributed by atoms with Crippen LogP contribution in [0.2, 0.25) is 0 Å². The maximum atomic E-state index is 5.38. The number of thiocarbonyl (C=S) groups is 1. The van der Waals surface area contributed by atoms with Crippen LogP contribution in [0.5, 0.6) is 0 Å². The number of rotatable bonds is 4. The fraction of sp³-hybridized carbons (Fsp3) is 0.0476. The standard InChI is InChI=1S/C21H20N4S/c26-21(22-16-17-10-4-1-5-11-17)25-20(23-18-12-6-2-7-13-18)24-19-14-8-3-9-15-19/h1-15H,16H2,(H3,22,23,24,25,26). The number of para-hydroxylation sites is 2. The average Bonchev–Trinajstić information content (AvgIpc) is 2.69. The summed E-state index contributed by atoms with van der Waals surface area (Å²) in [6.45, 7) is 0.632. The van der Waals surface area contributed by atoms with Gasteiger partial charge in [0.25, 0.3) is 0 Å². The zero-order chi connectivity index (χ0) is 18.0. The van der Waals surface area contributed by atoms with E-state index in [1.165, 1.54) is 0 Å². The highest BCUT2D eigenvalue weighted by Crippen LogP contribution is 2.09. The van der Waals surface area contributed by atoms with E-state index in [0.717, 1.165) is 16.9 Å². The van der Waals surface area contributed by atoms with Gasteiger partial charge in [-0.25, -0.2) is 0 Å². The molecule has 130 valence electrons. The number of nitrogens with zero attached hydrogens (tertiary/aromatic N) is 1. The second-order valence-corrected chi connectivity index (χ2v) is 5.97. The predicted octanol–water partition coefficient (Wildman–Crippen LogP) is 4.64. The Balaban J connectivity index is 1.70. The maximum absolute atomic E-state index is 5.38. The lowest BCUT2D eigenvalue weighted by molar-refractivity contribution is 0.920. The van der Waals surface area contributed by atoms with Crippen molar-refractivity contribution < 1.29 is 0 Å². The van der Waals surface area contributed by atoms with Gasteiger partial charge in [0.15, 0.2) is 5.11 Å². The molecular formula is C21H20N4S. The molecule has 3 rings (SSSR count). The fourth-order valence-corrected chi connectivity index (χ4v) is 2.48. The smallest absolute Gasteiger partial charge is 0.207 e. The zero-order valence-electron chi connectivity index (χ0n) is 14.2. The van der Waals surface area contributed by atoms with Crippen molar-refractivity contribution in [2.75, 3.05) is 10.6 Å². The quantitative estimate of drug-likeness (QED) is 0.360. The Morgan fingerprint density at radius 1 is 0.692 bits per heavy atom. The number of guanidine groups is 1. The van der Waals surface area contributed by atoms with Crippen molar-refractivity contribution in [1.29, 1.82) is 0 Å². The molecule has 0 spiro atoms. The first-order chi connectivity index (χ1) is 12.8. The summed E-state index contributed by atoms with van der Waals surface area (Å²) in [7, 11) is 0. The van der Waals surface area contributed by atoms with Crippen LogP contribution in [0, 0.1) is 0 Å². The molecule has 4 nitrogen and oxygen atoms in total. The van der Waals surface area contributed by atoms with Crippen molar-refractivity contribution in [2.24, 2.45) is 4.99 Å². The van der Waals surface area contributed by atoms with E-state index in [9.17, 15) is 0 Å². The van der Waals surface area contributed by atoms with Crippen LogP contribution in [0.25, 0.3) is 0 Å². The van der Waals surface area contributed by atoms with Crippen LogP contribution >= 0.6 is 12.2 Å². The Bertz CT molecular complexity index is 805. The van der Waals surface area contributed by atoms with Gasteiger partial charge < -0.3 is 16.0 Å².